The number of carbonyl (C=O) groups is 1. The van der Waals surface area contributed by atoms with Crippen molar-refractivity contribution in [1.82, 2.24) is 0 Å². The van der Waals surface area contributed by atoms with E-state index in [0.29, 0.717) is 16.9 Å². The lowest BCUT2D eigenvalue weighted by Crippen LogP contribution is -1.99. The summed E-state index contributed by atoms with van der Waals surface area (Å²) >= 11 is 3.43. The molecule has 3 nitrogen and oxygen atoms in total. The van der Waals surface area contributed by atoms with Crippen LogP contribution < -0.4 is 4.74 Å². The van der Waals surface area contributed by atoms with Crippen LogP contribution >= 0.6 is 15.9 Å². The van der Waals surface area contributed by atoms with Gasteiger partial charge in [0.1, 0.15) is 11.5 Å². The SMILES string of the molecule is Cc1cc(Oc2ccc(C(=O)O)c(C)c2)ccc1Br. The molecule has 19 heavy (non-hydrogen) atoms. The quantitative estimate of drug-likeness (QED) is 0.902. The van der Waals surface area contributed by atoms with Crippen LogP contribution in [0.3, 0.4) is 0 Å². The van der Waals surface area contributed by atoms with Crippen molar-refractivity contribution in [3.63, 3.8) is 0 Å². The van der Waals surface area contributed by atoms with Gasteiger partial charge in [-0.2, -0.15) is 0 Å². The third kappa shape index (κ3) is 3.15. The van der Waals surface area contributed by atoms with Gasteiger partial charge in [-0.1, -0.05) is 15.9 Å². The summed E-state index contributed by atoms with van der Waals surface area (Å²) in [6, 6.07) is 10.6. The Morgan fingerprint density at radius 1 is 1.05 bits per heavy atom. The second kappa shape index (κ2) is 5.45. The van der Waals surface area contributed by atoms with Crippen LogP contribution in [0.5, 0.6) is 11.5 Å². The molecule has 2 aromatic rings. The van der Waals surface area contributed by atoms with Crippen LogP contribution in [0.1, 0.15) is 21.5 Å². The van der Waals surface area contributed by atoms with Crippen LogP contribution in [0.15, 0.2) is 40.9 Å². The van der Waals surface area contributed by atoms with E-state index in [0.717, 1.165) is 15.8 Å². The minimum Gasteiger partial charge on any atom is -0.478 e. The van der Waals surface area contributed by atoms with Crippen molar-refractivity contribution in [2.75, 3.05) is 0 Å². The predicted molar refractivity (Wildman–Crippen MR) is 77.1 cm³/mol. The molecule has 0 spiro atoms. The van der Waals surface area contributed by atoms with Gasteiger partial charge in [0.2, 0.25) is 0 Å². The number of halogens is 1. The standard InChI is InChI=1S/C15H13BrO3/c1-9-7-11(3-5-13(9)15(17)18)19-12-4-6-14(16)10(2)8-12/h3-8H,1-2H3,(H,17,18). The molecule has 0 heterocycles. The zero-order chi connectivity index (χ0) is 14.0. The average molecular weight is 321 g/mol. The monoisotopic (exact) mass is 320 g/mol. The molecule has 0 bridgehead atoms. The van der Waals surface area contributed by atoms with E-state index in [-0.39, 0.29) is 0 Å². The second-order valence-electron chi connectivity index (χ2n) is 4.29. The highest BCUT2D eigenvalue weighted by molar-refractivity contribution is 9.10. The van der Waals surface area contributed by atoms with Gasteiger partial charge in [0, 0.05) is 4.47 Å². The minimum absolute atomic E-state index is 0.291. The third-order valence-corrected chi connectivity index (χ3v) is 3.68. The van der Waals surface area contributed by atoms with Gasteiger partial charge in [0.05, 0.1) is 5.56 Å². The first kappa shape index (κ1) is 13.6. The maximum atomic E-state index is 10.9. The summed E-state index contributed by atoms with van der Waals surface area (Å²) in [7, 11) is 0. The van der Waals surface area contributed by atoms with Gasteiger partial charge in [-0.3, -0.25) is 0 Å². The normalized spacial score (nSPS) is 10.3. The molecule has 4 heteroatoms. The topological polar surface area (TPSA) is 46.5 Å². The summed E-state index contributed by atoms with van der Waals surface area (Å²) in [5.41, 5.74) is 2.05. The van der Waals surface area contributed by atoms with Gasteiger partial charge < -0.3 is 9.84 Å². The molecule has 1 N–H and O–H groups in total. The smallest absolute Gasteiger partial charge is 0.335 e. The molecule has 2 rings (SSSR count). The first-order chi connectivity index (χ1) is 8.97. The van der Waals surface area contributed by atoms with E-state index in [9.17, 15) is 4.79 Å². The van der Waals surface area contributed by atoms with Gasteiger partial charge in [-0.25, -0.2) is 4.79 Å². The van der Waals surface area contributed by atoms with E-state index in [1.165, 1.54) is 0 Å². The van der Waals surface area contributed by atoms with Crippen LogP contribution in [-0.2, 0) is 0 Å². The highest BCUT2D eigenvalue weighted by atomic mass is 79.9. The Morgan fingerprint density at radius 3 is 2.16 bits per heavy atom. The molecule has 0 fully saturated rings. The lowest BCUT2D eigenvalue weighted by atomic mass is 10.1. The first-order valence-electron chi connectivity index (χ1n) is 5.75. The van der Waals surface area contributed by atoms with E-state index in [2.05, 4.69) is 15.9 Å². The first-order valence-corrected chi connectivity index (χ1v) is 6.54. The molecular weight excluding hydrogens is 308 g/mol. The van der Waals surface area contributed by atoms with Crippen molar-refractivity contribution in [1.29, 1.82) is 0 Å². The van der Waals surface area contributed by atoms with Gasteiger partial charge in [0.25, 0.3) is 0 Å². The van der Waals surface area contributed by atoms with Gasteiger partial charge >= 0.3 is 5.97 Å². The Kier molecular flexibility index (Phi) is 3.90. The van der Waals surface area contributed by atoms with Crippen LogP contribution in [0.2, 0.25) is 0 Å². The third-order valence-electron chi connectivity index (χ3n) is 2.79. The fourth-order valence-electron chi connectivity index (χ4n) is 1.76. The largest absolute Gasteiger partial charge is 0.478 e. The molecule has 0 radical (unpaired) electrons. The lowest BCUT2D eigenvalue weighted by Gasteiger charge is -2.09. The zero-order valence-electron chi connectivity index (χ0n) is 10.6. The molecule has 0 saturated heterocycles. The molecule has 0 aliphatic heterocycles. The molecule has 0 amide bonds. The number of carboxylic acid groups (broad SMARTS) is 1. The Bertz CT molecular complexity index is 635. The molecule has 98 valence electrons. The summed E-state index contributed by atoms with van der Waals surface area (Å²) < 4.78 is 6.74. The highest BCUT2D eigenvalue weighted by Crippen LogP contribution is 2.27. The van der Waals surface area contributed by atoms with Crippen molar-refractivity contribution in [2.45, 2.75) is 13.8 Å². The van der Waals surface area contributed by atoms with E-state index in [1.807, 2.05) is 25.1 Å². The van der Waals surface area contributed by atoms with Crippen LogP contribution in [0.4, 0.5) is 0 Å². The van der Waals surface area contributed by atoms with Crippen LogP contribution in [-0.4, -0.2) is 11.1 Å². The molecule has 0 atom stereocenters. The fourth-order valence-corrected chi connectivity index (χ4v) is 2.00. The summed E-state index contributed by atoms with van der Waals surface area (Å²) in [6.07, 6.45) is 0. The zero-order valence-corrected chi connectivity index (χ0v) is 12.2. The van der Waals surface area contributed by atoms with Crippen molar-refractivity contribution in [2.24, 2.45) is 0 Å². The number of aryl methyl sites for hydroxylation is 2. The van der Waals surface area contributed by atoms with E-state index in [1.54, 1.807) is 25.1 Å². The number of hydrogen-bond donors (Lipinski definition) is 1. The predicted octanol–water partition coefficient (Wildman–Crippen LogP) is 4.56. The van der Waals surface area contributed by atoms with E-state index < -0.39 is 5.97 Å². The summed E-state index contributed by atoms with van der Waals surface area (Å²) in [6.45, 7) is 3.73. The summed E-state index contributed by atoms with van der Waals surface area (Å²) in [5.74, 6) is 0.427. The minimum atomic E-state index is -0.927. The molecule has 0 unspecified atom stereocenters. The number of benzene rings is 2. The van der Waals surface area contributed by atoms with Crippen molar-refractivity contribution >= 4 is 21.9 Å². The van der Waals surface area contributed by atoms with Crippen molar-refractivity contribution in [3.8, 4) is 11.5 Å². The van der Waals surface area contributed by atoms with Crippen molar-refractivity contribution in [3.05, 3.63) is 57.6 Å². The number of rotatable bonds is 3. The van der Waals surface area contributed by atoms with Crippen LogP contribution in [0.25, 0.3) is 0 Å². The Morgan fingerprint density at radius 2 is 1.63 bits per heavy atom. The molecule has 0 saturated carbocycles. The Hall–Kier alpha value is -1.81. The number of hydrogen-bond acceptors (Lipinski definition) is 2. The van der Waals surface area contributed by atoms with Gasteiger partial charge in [-0.05, 0) is 61.4 Å². The van der Waals surface area contributed by atoms with E-state index in [4.69, 9.17) is 9.84 Å². The van der Waals surface area contributed by atoms with Gasteiger partial charge in [-0.15, -0.1) is 0 Å². The Labute approximate surface area is 120 Å². The Balaban J connectivity index is 2.26. The average Bonchev–Trinajstić information content (AvgIpc) is 2.33. The molecule has 0 aliphatic carbocycles. The van der Waals surface area contributed by atoms with E-state index >= 15 is 0 Å². The molecule has 0 aliphatic rings. The lowest BCUT2D eigenvalue weighted by molar-refractivity contribution is 0.0696. The maximum absolute atomic E-state index is 10.9. The van der Waals surface area contributed by atoms with Gasteiger partial charge in [0.15, 0.2) is 0 Å². The molecule has 0 aromatic heterocycles. The number of ether oxygens (including phenoxy) is 1. The maximum Gasteiger partial charge on any atom is 0.335 e. The number of aromatic carboxylic acids is 1. The number of carboxylic acids is 1. The summed E-state index contributed by atoms with van der Waals surface area (Å²) in [4.78, 5) is 10.9. The summed E-state index contributed by atoms with van der Waals surface area (Å²) in [5, 5.41) is 8.97. The second-order valence-corrected chi connectivity index (χ2v) is 5.15. The van der Waals surface area contributed by atoms with Crippen LogP contribution in [0, 0.1) is 13.8 Å². The highest BCUT2D eigenvalue weighted by Gasteiger charge is 2.08. The molecule has 2 aromatic carbocycles. The fraction of sp³-hybridized carbons (Fsp3) is 0.133. The molecular formula is C15H13BrO3. The van der Waals surface area contributed by atoms with Crippen molar-refractivity contribution < 1.29 is 14.6 Å².